The molecule has 0 aromatic heterocycles. The molecule has 4 nitrogen and oxygen atoms in total. The second kappa shape index (κ2) is 6.46. The van der Waals surface area contributed by atoms with Crippen molar-refractivity contribution in [2.75, 3.05) is 19.8 Å². The first kappa shape index (κ1) is 13.7. The third-order valence-corrected chi connectivity index (χ3v) is 5.48. The molecule has 2 aliphatic heterocycles. The van der Waals surface area contributed by atoms with Crippen molar-refractivity contribution in [1.29, 1.82) is 0 Å². The summed E-state index contributed by atoms with van der Waals surface area (Å²) in [7, 11) is 0. The quantitative estimate of drug-likeness (QED) is 0.859. The van der Waals surface area contributed by atoms with E-state index in [2.05, 4.69) is 12.2 Å². The standard InChI is InChI=1S/C14H24N2O2S/c1-2-17-11-6-3-7-12-13(11)16-14(19-12)15-9-10-5-4-8-18-10/h10-13H,2-9H2,1H3,(H,15,16)/t10-,11?,12?,13?/m0/s1. The molecule has 19 heavy (non-hydrogen) atoms. The summed E-state index contributed by atoms with van der Waals surface area (Å²) in [5.74, 6) is 0. The lowest BCUT2D eigenvalue weighted by Gasteiger charge is -2.32. The number of hydrogen-bond acceptors (Lipinski definition) is 4. The van der Waals surface area contributed by atoms with Crippen molar-refractivity contribution < 1.29 is 9.47 Å². The Morgan fingerprint density at radius 1 is 1.37 bits per heavy atom. The van der Waals surface area contributed by atoms with Crippen molar-refractivity contribution in [2.24, 2.45) is 4.99 Å². The van der Waals surface area contributed by atoms with E-state index >= 15 is 0 Å². The van der Waals surface area contributed by atoms with Gasteiger partial charge in [0.25, 0.3) is 0 Å². The van der Waals surface area contributed by atoms with Crippen LogP contribution in [0.5, 0.6) is 0 Å². The first-order valence-corrected chi connectivity index (χ1v) is 8.45. The molecule has 0 spiro atoms. The number of nitrogens with one attached hydrogen (secondary N) is 1. The Morgan fingerprint density at radius 2 is 2.32 bits per heavy atom. The van der Waals surface area contributed by atoms with Crippen molar-refractivity contribution in [1.82, 2.24) is 5.32 Å². The smallest absolute Gasteiger partial charge is 0.157 e. The van der Waals surface area contributed by atoms with Gasteiger partial charge >= 0.3 is 0 Å². The van der Waals surface area contributed by atoms with E-state index in [9.17, 15) is 0 Å². The summed E-state index contributed by atoms with van der Waals surface area (Å²) >= 11 is 1.91. The van der Waals surface area contributed by atoms with Crippen LogP contribution in [-0.2, 0) is 9.47 Å². The molecule has 0 radical (unpaired) electrons. The number of rotatable bonds is 4. The molecule has 2 saturated heterocycles. The molecule has 0 aromatic rings. The lowest BCUT2D eigenvalue weighted by Crippen LogP contribution is -2.46. The summed E-state index contributed by atoms with van der Waals surface area (Å²) in [5.41, 5.74) is 0. The van der Waals surface area contributed by atoms with E-state index in [0.717, 1.165) is 31.3 Å². The molecule has 5 heteroatoms. The number of hydrogen-bond donors (Lipinski definition) is 1. The molecule has 0 amide bonds. The molecule has 0 bridgehead atoms. The summed E-state index contributed by atoms with van der Waals surface area (Å²) in [6.07, 6.45) is 6.81. The number of ether oxygens (including phenoxy) is 2. The average Bonchev–Trinajstić information content (AvgIpc) is 3.06. The van der Waals surface area contributed by atoms with Gasteiger partial charge in [0, 0.05) is 18.5 Å². The fourth-order valence-corrected chi connectivity index (χ4v) is 4.53. The van der Waals surface area contributed by atoms with Crippen molar-refractivity contribution in [3.05, 3.63) is 0 Å². The number of thioether (sulfide) groups is 1. The molecular formula is C14H24N2O2S. The van der Waals surface area contributed by atoms with Crippen LogP contribution in [0.2, 0.25) is 0 Å². The third kappa shape index (κ3) is 3.26. The predicted molar refractivity (Wildman–Crippen MR) is 78.8 cm³/mol. The maximum atomic E-state index is 5.87. The Morgan fingerprint density at radius 3 is 3.11 bits per heavy atom. The highest BCUT2D eigenvalue weighted by Gasteiger charge is 2.40. The summed E-state index contributed by atoms with van der Waals surface area (Å²) < 4.78 is 11.5. The lowest BCUT2D eigenvalue weighted by atomic mass is 9.92. The lowest BCUT2D eigenvalue weighted by molar-refractivity contribution is 0.0211. The number of nitrogens with zero attached hydrogens (tertiary/aromatic N) is 1. The predicted octanol–water partition coefficient (Wildman–Crippen LogP) is 2.18. The summed E-state index contributed by atoms with van der Waals surface area (Å²) in [4.78, 5) is 4.71. The highest BCUT2D eigenvalue weighted by atomic mass is 32.2. The number of fused-ring (bicyclic) bond motifs is 1. The number of aliphatic imine (C=N–C) groups is 1. The first-order valence-electron chi connectivity index (χ1n) is 7.57. The van der Waals surface area contributed by atoms with Gasteiger partial charge in [-0.25, -0.2) is 0 Å². The minimum atomic E-state index is 0.347. The van der Waals surface area contributed by atoms with E-state index in [1.807, 2.05) is 11.8 Å². The molecule has 1 saturated carbocycles. The fraction of sp³-hybridized carbons (Fsp3) is 0.929. The minimum Gasteiger partial charge on any atom is -0.376 e. The Balaban J connectivity index is 1.56. The van der Waals surface area contributed by atoms with Crippen LogP contribution >= 0.6 is 11.8 Å². The van der Waals surface area contributed by atoms with Crippen LogP contribution in [0, 0.1) is 0 Å². The van der Waals surface area contributed by atoms with E-state index in [0.29, 0.717) is 23.5 Å². The normalized spacial score (nSPS) is 40.4. The maximum Gasteiger partial charge on any atom is 0.157 e. The van der Waals surface area contributed by atoms with Gasteiger partial charge in [-0.05, 0) is 39.0 Å². The van der Waals surface area contributed by atoms with Crippen LogP contribution in [0.3, 0.4) is 0 Å². The van der Waals surface area contributed by atoms with Gasteiger partial charge < -0.3 is 14.8 Å². The Labute approximate surface area is 119 Å². The van der Waals surface area contributed by atoms with Crippen LogP contribution < -0.4 is 5.32 Å². The Kier molecular flexibility index (Phi) is 4.66. The average molecular weight is 284 g/mol. The molecule has 3 fully saturated rings. The molecule has 4 atom stereocenters. The van der Waals surface area contributed by atoms with Gasteiger partial charge in [-0.15, -0.1) is 0 Å². The van der Waals surface area contributed by atoms with E-state index in [-0.39, 0.29) is 0 Å². The molecule has 0 aromatic carbocycles. The monoisotopic (exact) mass is 284 g/mol. The molecule has 1 aliphatic carbocycles. The first-order chi connectivity index (χ1) is 9.36. The second-order valence-electron chi connectivity index (χ2n) is 5.53. The molecule has 1 N–H and O–H groups in total. The van der Waals surface area contributed by atoms with Gasteiger partial charge in [-0.1, -0.05) is 11.8 Å². The van der Waals surface area contributed by atoms with Crippen LogP contribution in [0.4, 0.5) is 0 Å². The zero-order valence-electron chi connectivity index (χ0n) is 11.6. The molecule has 108 valence electrons. The van der Waals surface area contributed by atoms with Gasteiger partial charge in [0.2, 0.25) is 0 Å². The summed E-state index contributed by atoms with van der Waals surface area (Å²) in [5, 5.41) is 5.34. The van der Waals surface area contributed by atoms with Crippen molar-refractivity contribution in [3.63, 3.8) is 0 Å². The summed E-state index contributed by atoms with van der Waals surface area (Å²) in [6, 6.07) is 0.460. The van der Waals surface area contributed by atoms with E-state index < -0.39 is 0 Å². The molecule has 3 aliphatic rings. The van der Waals surface area contributed by atoms with Gasteiger partial charge in [-0.3, -0.25) is 4.99 Å². The molecule has 2 heterocycles. The summed E-state index contributed by atoms with van der Waals surface area (Å²) in [6.45, 7) is 4.61. The van der Waals surface area contributed by atoms with E-state index in [4.69, 9.17) is 14.5 Å². The van der Waals surface area contributed by atoms with Crippen LogP contribution in [0.1, 0.15) is 39.0 Å². The second-order valence-corrected chi connectivity index (χ2v) is 6.76. The van der Waals surface area contributed by atoms with E-state index in [1.54, 1.807) is 0 Å². The number of amidine groups is 1. The highest BCUT2D eigenvalue weighted by Crippen LogP contribution is 2.36. The van der Waals surface area contributed by atoms with Crippen molar-refractivity contribution >= 4 is 16.9 Å². The van der Waals surface area contributed by atoms with Gasteiger partial charge in [0.05, 0.1) is 24.8 Å². The Bertz CT molecular complexity index is 329. The fourth-order valence-electron chi connectivity index (χ4n) is 3.21. The van der Waals surface area contributed by atoms with Crippen LogP contribution in [0.25, 0.3) is 0 Å². The zero-order chi connectivity index (χ0) is 13.1. The van der Waals surface area contributed by atoms with Crippen molar-refractivity contribution in [2.45, 2.75) is 62.5 Å². The van der Waals surface area contributed by atoms with Crippen molar-refractivity contribution in [3.8, 4) is 0 Å². The zero-order valence-corrected chi connectivity index (χ0v) is 12.5. The van der Waals surface area contributed by atoms with Gasteiger partial charge in [0.15, 0.2) is 5.17 Å². The molecular weight excluding hydrogens is 260 g/mol. The third-order valence-electron chi connectivity index (χ3n) is 4.17. The maximum absolute atomic E-state index is 5.87. The Hall–Kier alpha value is -0.260. The SMILES string of the molecule is CCOC1CCCC2SC(=NC[C@@H]3CCCO3)NC12. The molecule has 3 unspecified atom stereocenters. The topological polar surface area (TPSA) is 42.9 Å². The van der Waals surface area contributed by atoms with Crippen LogP contribution in [-0.4, -0.2) is 48.4 Å². The largest absolute Gasteiger partial charge is 0.376 e. The van der Waals surface area contributed by atoms with Crippen LogP contribution in [0.15, 0.2) is 4.99 Å². The van der Waals surface area contributed by atoms with Gasteiger partial charge in [0.1, 0.15) is 0 Å². The molecule has 3 rings (SSSR count). The minimum absolute atomic E-state index is 0.347. The van der Waals surface area contributed by atoms with E-state index in [1.165, 1.54) is 25.7 Å². The van der Waals surface area contributed by atoms with Gasteiger partial charge in [-0.2, -0.15) is 0 Å². The highest BCUT2D eigenvalue weighted by molar-refractivity contribution is 8.14.